The average Bonchev–Trinajstić information content (AvgIpc) is 0. The van der Waals surface area contributed by atoms with Crippen molar-refractivity contribution in [2.75, 3.05) is 0 Å². The van der Waals surface area contributed by atoms with E-state index in [1.807, 2.05) is 0 Å². The van der Waals surface area contributed by atoms with Gasteiger partial charge >= 0.3 is 17.1 Å². The molecule has 0 amide bonds. The monoisotopic (exact) mass is 319 g/mol. The van der Waals surface area contributed by atoms with E-state index in [4.69, 9.17) is 0 Å². The molecule has 0 fully saturated rings. The fourth-order valence-corrected chi connectivity index (χ4v) is 0. The van der Waals surface area contributed by atoms with Gasteiger partial charge in [-0.2, -0.15) is 0 Å². The molecule has 0 bridgehead atoms. The average molecular weight is 320 g/mol. The van der Waals surface area contributed by atoms with Crippen molar-refractivity contribution in [2.45, 2.75) is 0 Å². The number of hydrogen-bond donors (Lipinski definition) is 0. The van der Waals surface area contributed by atoms with E-state index in [2.05, 4.69) is 0 Å². The Kier molecular flexibility index (Phi) is 289. The Morgan fingerprint density at radius 1 is 1.00 bits per heavy atom. The Balaban J connectivity index is 0. The van der Waals surface area contributed by atoms with Crippen LogP contribution in [0.25, 0.3) is 0 Å². The van der Waals surface area contributed by atoms with Crippen molar-refractivity contribution >= 4 is 17.1 Å². The second-order valence-electron chi connectivity index (χ2n) is 0. The standard InChI is InChI=1S/Co.Fe.Ni.H2Se.Zn/h;;;1H2;. The normalized spacial score (nSPS) is 0. The molecule has 0 saturated carbocycles. The molecule has 1 radical (unpaired) electrons. The summed E-state index contributed by atoms with van der Waals surface area (Å²) < 4.78 is 0. The summed E-state index contributed by atoms with van der Waals surface area (Å²) in [5.74, 6) is 0. The quantitative estimate of drug-likeness (QED) is 0.506. The number of rotatable bonds is 0. The Hall–Kier alpha value is 2.66. The van der Waals surface area contributed by atoms with Crippen LogP contribution in [0.4, 0.5) is 0 Å². The molecule has 0 N–H and O–H groups in total. The van der Waals surface area contributed by atoms with Crippen LogP contribution in [0.15, 0.2) is 0 Å². The molecule has 0 aromatic rings. The molecule has 0 nitrogen and oxygen atoms in total. The molecule has 0 heterocycles. The van der Waals surface area contributed by atoms with Gasteiger partial charge in [0.1, 0.15) is 0 Å². The molecule has 0 aromatic heterocycles. The maximum Gasteiger partial charge on any atom is 0 e. The van der Waals surface area contributed by atoms with E-state index < -0.39 is 0 Å². The van der Waals surface area contributed by atoms with Crippen LogP contribution < -0.4 is 0 Å². The third-order valence-electron chi connectivity index (χ3n) is 0. The molecule has 0 spiro atoms. The van der Waals surface area contributed by atoms with Crippen molar-refractivity contribution in [2.24, 2.45) is 0 Å². The molecule has 0 aliphatic carbocycles. The van der Waals surface area contributed by atoms with Crippen LogP contribution >= 0.6 is 0 Å². The maximum atomic E-state index is 0. The van der Waals surface area contributed by atoms with Gasteiger partial charge < -0.3 is 0 Å². The molecular formula is H2CoFeNiSeZn. The third-order valence-corrected chi connectivity index (χ3v) is 0. The van der Waals surface area contributed by atoms with E-state index >= 15 is 0 Å². The van der Waals surface area contributed by atoms with Crippen molar-refractivity contribution in [1.82, 2.24) is 0 Å². The molecule has 0 saturated heterocycles. The molecule has 5 heteroatoms. The second-order valence-corrected chi connectivity index (χ2v) is 0. The SMILES string of the molecule is [Co].[Fe].[Ni].[SeH2].[Zn]. The Morgan fingerprint density at radius 2 is 1.00 bits per heavy atom. The molecule has 37 valence electrons. The van der Waals surface area contributed by atoms with Gasteiger partial charge in [0.15, 0.2) is 0 Å². The molecule has 0 aromatic carbocycles. The van der Waals surface area contributed by atoms with Crippen molar-refractivity contribution in [3.63, 3.8) is 0 Å². The maximum absolute atomic E-state index is 0. The topological polar surface area (TPSA) is 0 Å². The van der Waals surface area contributed by atoms with Crippen LogP contribution in [0.2, 0.25) is 0 Å². The van der Waals surface area contributed by atoms with Gasteiger partial charge in [-0.15, -0.1) is 0 Å². The fraction of sp³-hybridized carbons (Fsp3) is 0. The summed E-state index contributed by atoms with van der Waals surface area (Å²) in [7, 11) is 0. The van der Waals surface area contributed by atoms with E-state index in [9.17, 15) is 0 Å². The summed E-state index contributed by atoms with van der Waals surface area (Å²) in [6.45, 7) is 0. The summed E-state index contributed by atoms with van der Waals surface area (Å²) in [5, 5.41) is 0. The van der Waals surface area contributed by atoms with Crippen molar-refractivity contribution in [3.05, 3.63) is 0 Å². The van der Waals surface area contributed by atoms with Gasteiger partial charge in [-0.05, 0) is 0 Å². The van der Waals surface area contributed by atoms with Crippen molar-refractivity contribution in [1.29, 1.82) is 0 Å². The van der Waals surface area contributed by atoms with Crippen molar-refractivity contribution in [3.8, 4) is 0 Å². The summed E-state index contributed by atoms with van der Waals surface area (Å²) in [6.07, 6.45) is 0. The van der Waals surface area contributed by atoms with Crippen LogP contribution in [-0.4, -0.2) is 17.1 Å². The van der Waals surface area contributed by atoms with E-state index in [0.717, 1.165) is 0 Å². The smallest absolute Gasteiger partial charge is 0 e. The van der Waals surface area contributed by atoms with Gasteiger partial charge in [-0.3, -0.25) is 0 Å². The first-order valence-electron chi connectivity index (χ1n) is 0. The third kappa shape index (κ3) is 20.4. The minimum absolute atomic E-state index is 0. The largest absolute Gasteiger partial charge is 0 e. The minimum Gasteiger partial charge on any atom is 0 e. The zero-order valence-corrected chi connectivity index (χ0v) is 10.4. The van der Waals surface area contributed by atoms with E-state index in [1.54, 1.807) is 0 Å². The van der Waals surface area contributed by atoms with Gasteiger partial charge in [0, 0.05) is 69.8 Å². The van der Waals surface area contributed by atoms with Gasteiger partial charge in [0.25, 0.3) is 0 Å². The van der Waals surface area contributed by atoms with Gasteiger partial charge in [0.2, 0.25) is 0 Å². The molecular weight excluding hydrogens is 318 g/mol. The molecule has 0 aliphatic rings. The molecule has 0 aliphatic heterocycles. The first kappa shape index (κ1) is 48.0. The van der Waals surface area contributed by atoms with Crippen molar-refractivity contribution < 1.29 is 69.8 Å². The second kappa shape index (κ2) is 30.1. The van der Waals surface area contributed by atoms with Crippen LogP contribution in [0, 0.1) is 0 Å². The number of hydrogen-bond acceptors (Lipinski definition) is 0. The Morgan fingerprint density at radius 3 is 1.00 bits per heavy atom. The van der Waals surface area contributed by atoms with E-state index in [1.165, 1.54) is 0 Å². The Labute approximate surface area is 85.8 Å². The molecule has 5 heavy (non-hydrogen) atoms. The Bertz CT molecular complexity index is 11.6. The summed E-state index contributed by atoms with van der Waals surface area (Å²) >= 11 is 0. The molecule has 0 rings (SSSR count). The first-order chi connectivity index (χ1) is 0. The molecule has 0 unspecified atom stereocenters. The predicted octanol–water partition coefficient (Wildman–Crippen LogP) is -0.926. The van der Waals surface area contributed by atoms with Crippen LogP contribution in [0.1, 0.15) is 0 Å². The first-order valence-corrected chi connectivity index (χ1v) is 0. The van der Waals surface area contributed by atoms with Crippen LogP contribution in [0.5, 0.6) is 0 Å². The summed E-state index contributed by atoms with van der Waals surface area (Å²) in [4.78, 5) is 0. The van der Waals surface area contributed by atoms with Crippen LogP contribution in [-0.2, 0) is 69.8 Å². The summed E-state index contributed by atoms with van der Waals surface area (Å²) in [6, 6.07) is 0. The summed E-state index contributed by atoms with van der Waals surface area (Å²) in [5.41, 5.74) is 0. The van der Waals surface area contributed by atoms with Gasteiger partial charge in [-0.1, -0.05) is 0 Å². The van der Waals surface area contributed by atoms with Crippen LogP contribution in [0.3, 0.4) is 0 Å². The minimum atomic E-state index is 0. The fourth-order valence-electron chi connectivity index (χ4n) is 0. The van der Waals surface area contributed by atoms with E-state index in [-0.39, 0.29) is 86.9 Å². The predicted molar refractivity (Wildman–Crippen MR) is 8.54 cm³/mol. The zero-order chi connectivity index (χ0) is 0. The van der Waals surface area contributed by atoms with E-state index in [0.29, 0.717) is 0 Å². The zero-order valence-electron chi connectivity index (χ0n) is 2.21. The van der Waals surface area contributed by atoms with Gasteiger partial charge in [0.05, 0.1) is 0 Å². The van der Waals surface area contributed by atoms with Gasteiger partial charge in [-0.25, -0.2) is 0 Å². The molecule has 0 atom stereocenters.